The van der Waals surface area contributed by atoms with Gasteiger partial charge in [0.25, 0.3) is 0 Å². The predicted octanol–water partition coefficient (Wildman–Crippen LogP) is 0.0283. The van der Waals surface area contributed by atoms with Crippen LogP contribution in [0.4, 0.5) is 0 Å². The van der Waals surface area contributed by atoms with E-state index in [0.717, 1.165) is 12.8 Å². The molecule has 1 atom stereocenters. The average molecular weight is 448 g/mol. The molecule has 2 aliphatic rings. The third-order valence-electron chi connectivity index (χ3n) is 5.38. The number of rotatable bonds is 4. The molecule has 2 rings (SSSR count). The minimum atomic E-state index is -1.89. The summed E-state index contributed by atoms with van der Waals surface area (Å²) in [5, 5.41) is 1.43. The van der Waals surface area contributed by atoms with Gasteiger partial charge in [-0.25, -0.2) is 0 Å². The van der Waals surface area contributed by atoms with Crippen LogP contribution in [-0.2, 0) is 25.2 Å². The second kappa shape index (κ2) is 9.29. The van der Waals surface area contributed by atoms with Gasteiger partial charge in [-0.2, -0.15) is 0 Å². The molecule has 0 radical (unpaired) electrons. The Balaban J connectivity index is 0.00000312. The molecular formula is C21H33Cl2OSiTi. The van der Waals surface area contributed by atoms with Crippen LogP contribution in [0.2, 0.25) is 13.1 Å². The predicted molar refractivity (Wildman–Crippen MR) is 103 cm³/mol. The third kappa shape index (κ3) is 4.88. The Kier molecular flexibility index (Phi) is 9.44. The maximum Gasteiger partial charge on any atom is -1.00 e. The SMILES string of the molecule is CC1=CCC(OC(C)C)([Si](C)(C)C2=[C]([Ti+2])CC=C2)C(C(C)(C)C)=C1.[Cl-].[Cl-]. The minimum Gasteiger partial charge on any atom is -1.00 e. The van der Waals surface area contributed by atoms with Crippen molar-refractivity contribution in [3.8, 4) is 0 Å². The summed E-state index contributed by atoms with van der Waals surface area (Å²) >= 11 is 2.30. The molecule has 1 nitrogen and oxygen atoms in total. The van der Waals surface area contributed by atoms with Gasteiger partial charge in [0.15, 0.2) is 0 Å². The van der Waals surface area contributed by atoms with E-state index in [1.807, 2.05) is 0 Å². The first kappa shape index (κ1) is 26.4. The maximum absolute atomic E-state index is 6.87. The average Bonchev–Trinajstić information content (AvgIpc) is 2.86. The van der Waals surface area contributed by atoms with Crippen LogP contribution >= 0.6 is 0 Å². The van der Waals surface area contributed by atoms with Crippen LogP contribution in [0.5, 0.6) is 0 Å². The van der Waals surface area contributed by atoms with Gasteiger partial charge < -0.3 is 24.8 Å². The van der Waals surface area contributed by atoms with Crippen LogP contribution in [0.15, 0.2) is 44.5 Å². The topological polar surface area (TPSA) is 9.23 Å². The van der Waals surface area contributed by atoms with Crippen LogP contribution in [0.25, 0.3) is 0 Å². The van der Waals surface area contributed by atoms with Crippen LogP contribution < -0.4 is 24.8 Å². The molecule has 0 aromatic rings. The zero-order valence-electron chi connectivity index (χ0n) is 17.5. The second-order valence-electron chi connectivity index (χ2n) is 9.08. The first-order chi connectivity index (χ1) is 10.9. The number of ether oxygens (including phenoxy) is 1. The molecule has 0 N–H and O–H groups in total. The van der Waals surface area contributed by atoms with Gasteiger partial charge in [0.05, 0.1) is 0 Å². The quantitative estimate of drug-likeness (QED) is 0.552. The molecule has 5 heteroatoms. The molecule has 0 saturated heterocycles. The van der Waals surface area contributed by atoms with E-state index < -0.39 is 8.07 Å². The molecule has 1 unspecified atom stereocenters. The Labute approximate surface area is 186 Å². The van der Waals surface area contributed by atoms with Crippen molar-refractivity contribution in [2.75, 3.05) is 0 Å². The summed E-state index contributed by atoms with van der Waals surface area (Å²) < 4.78 is 8.41. The van der Waals surface area contributed by atoms with Gasteiger partial charge in [-0.3, -0.25) is 0 Å². The van der Waals surface area contributed by atoms with Gasteiger partial charge in [0, 0.05) is 0 Å². The van der Waals surface area contributed by atoms with Crippen molar-refractivity contribution in [3.63, 3.8) is 0 Å². The molecule has 0 fully saturated rings. The summed E-state index contributed by atoms with van der Waals surface area (Å²) in [5.74, 6) is 0. The van der Waals surface area contributed by atoms with Crippen molar-refractivity contribution in [1.82, 2.24) is 0 Å². The standard InChI is InChI=1S/C21H33OSi.2ClH.Ti/c1-16(2)22-21(23(7,8)18-11-9-10-12-18)14-13-17(3)15-19(21)20(4,5)6;;;/h9,11,13,15-16H,10,14H2,1-8H3;2*1H;/q;;;+2/p-2. The minimum absolute atomic E-state index is 0. The third-order valence-corrected chi connectivity index (χ3v) is 10.9. The van der Waals surface area contributed by atoms with E-state index >= 15 is 0 Å². The summed E-state index contributed by atoms with van der Waals surface area (Å²) in [7, 11) is -1.89. The Morgan fingerprint density at radius 1 is 1.19 bits per heavy atom. The second-order valence-corrected chi connectivity index (χ2v) is 14.6. The molecule has 2 aliphatic carbocycles. The Bertz CT molecular complexity index is 639. The maximum atomic E-state index is 6.87. The molecule has 0 saturated carbocycles. The molecule has 0 aliphatic heterocycles. The summed E-state index contributed by atoms with van der Waals surface area (Å²) in [6, 6.07) is 0. The Morgan fingerprint density at radius 3 is 2.19 bits per heavy atom. The first-order valence-corrected chi connectivity index (χ1v) is 12.9. The number of hydrogen-bond donors (Lipinski definition) is 0. The molecular weight excluding hydrogens is 415 g/mol. The van der Waals surface area contributed by atoms with Crippen LogP contribution in [0.3, 0.4) is 0 Å². The zero-order valence-corrected chi connectivity index (χ0v) is 21.5. The summed E-state index contributed by atoms with van der Waals surface area (Å²) in [4.78, 5) is 0. The van der Waals surface area contributed by atoms with Gasteiger partial charge in [-0.05, 0) is 0 Å². The van der Waals surface area contributed by atoms with E-state index in [0.29, 0.717) is 0 Å². The van der Waals surface area contributed by atoms with Crippen LogP contribution in [0.1, 0.15) is 54.4 Å². The normalized spacial score (nSPS) is 23.5. The molecule has 0 amide bonds. The van der Waals surface area contributed by atoms with E-state index in [9.17, 15) is 0 Å². The van der Waals surface area contributed by atoms with Gasteiger partial charge in [0.2, 0.25) is 0 Å². The van der Waals surface area contributed by atoms with Gasteiger partial charge in [-0.1, -0.05) is 0 Å². The Hall–Kier alpha value is 0.431. The van der Waals surface area contributed by atoms with E-state index in [1.54, 1.807) is 5.20 Å². The Morgan fingerprint density at radius 2 is 1.77 bits per heavy atom. The number of halogens is 2. The monoisotopic (exact) mass is 447 g/mol. The van der Waals surface area contributed by atoms with Crippen molar-refractivity contribution in [3.05, 3.63) is 44.5 Å². The van der Waals surface area contributed by atoms with E-state index in [-0.39, 0.29) is 41.6 Å². The molecule has 0 bridgehead atoms. The van der Waals surface area contributed by atoms with Crippen LogP contribution in [-0.4, -0.2) is 19.4 Å². The van der Waals surface area contributed by atoms with Crippen molar-refractivity contribution in [2.45, 2.75) is 78.8 Å². The van der Waals surface area contributed by atoms with E-state index in [4.69, 9.17) is 4.74 Å². The van der Waals surface area contributed by atoms with Crippen molar-refractivity contribution >= 4 is 8.07 Å². The van der Waals surface area contributed by atoms with Crippen molar-refractivity contribution < 1.29 is 50.0 Å². The molecule has 145 valence electrons. The molecule has 26 heavy (non-hydrogen) atoms. The van der Waals surface area contributed by atoms with Crippen molar-refractivity contribution in [1.29, 1.82) is 0 Å². The molecule has 0 aromatic carbocycles. The summed E-state index contributed by atoms with van der Waals surface area (Å²) in [6.07, 6.45) is 11.8. The number of hydrogen-bond acceptors (Lipinski definition) is 1. The first-order valence-electron chi connectivity index (χ1n) is 9.11. The van der Waals surface area contributed by atoms with Gasteiger partial charge in [-0.15, -0.1) is 0 Å². The fourth-order valence-corrected chi connectivity index (χ4v) is 10.1. The fraction of sp³-hybridized carbons (Fsp3) is 0.619. The molecule has 0 aromatic heterocycles. The number of allylic oxidation sites excluding steroid dienone is 6. The van der Waals surface area contributed by atoms with Gasteiger partial charge in [0.1, 0.15) is 0 Å². The van der Waals surface area contributed by atoms with Gasteiger partial charge >= 0.3 is 162 Å². The van der Waals surface area contributed by atoms with E-state index in [2.05, 4.69) is 99.4 Å². The zero-order chi connectivity index (χ0) is 18.3. The molecule has 0 spiro atoms. The van der Waals surface area contributed by atoms with Crippen LogP contribution in [0, 0.1) is 5.41 Å². The van der Waals surface area contributed by atoms with Crippen molar-refractivity contribution in [2.24, 2.45) is 5.41 Å². The smallest absolute Gasteiger partial charge is 1.00 e. The van der Waals surface area contributed by atoms with E-state index in [1.165, 1.54) is 15.0 Å². The fourth-order valence-electron chi connectivity index (χ4n) is 4.20. The summed E-state index contributed by atoms with van der Waals surface area (Å²) in [6.45, 7) is 18.6. The molecule has 0 heterocycles. The summed E-state index contributed by atoms with van der Waals surface area (Å²) in [5.41, 5.74) is 2.96. The largest absolute Gasteiger partial charge is 1.00 e.